The molecule has 1 fully saturated rings. The summed E-state index contributed by atoms with van der Waals surface area (Å²) in [6, 6.07) is 0. The largest absolute Gasteiger partial charge is 0.353 e. The van der Waals surface area contributed by atoms with Gasteiger partial charge < -0.3 is 10.5 Å². The van der Waals surface area contributed by atoms with Gasteiger partial charge in [-0.25, -0.2) is 0 Å². The minimum atomic E-state index is -0.0201. The highest BCUT2D eigenvalue weighted by Crippen LogP contribution is 2.48. The molecule has 0 spiro atoms. The molecule has 2 heteroatoms. The van der Waals surface area contributed by atoms with E-state index in [9.17, 15) is 0 Å². The van der Waals surface area contributed by atoms with Crippen molar-refractivity contribution in [2.24, 2.45) is 22.5 Å². The lowest BCUT2D eigenvalue weighted by Gasteiger charge is -2.39. The molecule has 0 saturated carbocycles. The summed E-state index contributed by atoms with van der Waals surface area (Å²) in [5.74, 6) is 0.705. The third-order valence-corrected chi connectivity index (χ3v) is 4.36. The van der Waals surface area contributed by atoms with Crippen molar-refractivity contribution in [3.8, 4) is 0 Å². The summed E-state index contributed by atoms with van der Waals surface area (Å²) >= 11 is 0. The van der Waals surface area contributed by atoms with Gasteiger partial charge in [0, 0.05) is 0 Å². The normalized spacial score (nSPS) is 30.4. The summed E-state index contributed by atoms with van der Waals surface area (Å²) in [5.41, 5.74) is 6.37. The Hall–Kier alpha value is -0.0800. The zero-order valence-corrected chi connectivity index (χ0v) is 11.1. The fourth-order valence-corrected chi connectivity index (χ4v) is 2.63. The Morgan fingerprint density at radius 2 is 1.73 bits per heavy atom. The van der Waals surface area contributed by atoms with Crippen molar-refractivity contribution in [1.29, 1.82) is 0 Å². The van der Waals surface area contributed by atoms with Crippen LogP contribution >= 0.6 is 0 Å². The lowest BCUT2D eigenvalue weighted by atomic mass is 9.65. The smallest absolute Gasteiger partial charge is 0.133 e. The highest BCUT2D eigenvalue weighted by Gasteiger charge is 2.50. The number of hydrogen-bond donors (Lipinski definition) is 1. The molecule has 1 aliphatic rings. The molecule has 1 aliphatic heterocycles. The molecule has 1 rings (SSSR count). The molecule has 2 nitrogen and oxygen atoms in total. The molecule has 15 heavy (non-hydrogen) atoms. The summed E-state index contributed by atoms with van der Waals surface area (Å²) < 4.78 is 5.43. The molecule has 1 saturated heterocycles. The SMILES string of the molecule is CCC(C)(CC(C)(C)C1OC1N)C(C)C. The van der Waals surface area contributed by atoms with E-state index in [-0.39, 0.29) is 17.7 Å². The lowest BCUT2D eigenvalue weighted by Crippen LogP contribution is -2.34. The van der Waals surface area contributed by atoms with Gasteiger partial charge in [-0.3, -0.25) is 0 Å². The molecule has 3 atom stereocenters. The van der Waals surface area contributed by atoms with Gasteiger partial charge in [-0.15, -0.1) is 0 Å². The van der Waals surface area contributed by atoms with E-state index in [2.05, 4.69) is 41.5 Å². The molecule has 0 aromatic heterocycles. The van der Waals surface area contributed by atoms with Gasteiger partial charge in [0.1, 0.15) is 12.3 Å². The van der Waals surface area contributed by atoms with Crippen molar-refractivity contribution < 1.29 is 4.74 Å². The van der Waals surface area contributed by atoms with E-state index in [4.69, 9.17) is 10.5 Å². The maximum absolute atomic E-state index is 5.77. The van der Waals surface area contributed by atoms with Gasteiger partial charge in [0.2, 0.25) is 0 Å². The summed E-state index contributed by atoms with van der Waals surface area (Å²) in [7, 11) is 0. The Labute approximate surface area is 94.6 Å². The average molecular weight is 213 g/mol. The molecule has 0 aromatic rings. The lowest BCUT2D eigenvalue weighted by molar-refractivity contribution is 0.0918. The Morgan fingerprint density at radius 1 is 1.27 bits per heavy atom. The van der Waals surface area contributed by atoms with Crippen molar-refractivity contribution in [1.82, 2.24) is 0 Å². The van der Waals surface area contributed by atoms with Crippen LogP contribution in [0, 0.1) is 16.7 Å². The van der Waals surface area contributed by atoms with Crippen LogP contribution in [0.15, 0.2) is 0 Å². The first-order chi connectivity index (χ1) is 6.73. The zero-order valence-electron chi connectivity index (χ0n) is 11.1. The van der Waals surface area contributed by atoms with Crippen LogP contribution in [0.1, 0.15) is 54.4 Å². The van der Waals surface area contributed by atoms with E-state index < -0.39 is 0 Å². The van der Waals surface area contributed by atoms with Crippen molar-refractivity contribution in [2.45, 2.75) is 66.7 Å². The standard InChI is InChI=1S/C13H27NO/c1-7-13(6,9(2)3)8-12(4,5)10-11(14)15-10/h9-11H,7-8,14H2,1-6H3. The molecule has 0 aliphatic carbocycles. The van der Waals surface area contributed by atoms with Crippen LogP contribution in [-0.2, 0) is 4.74 Å². The second-order valence-electron chi connectivity index (χ2n) is 6.35. The van der Waals surface area contributed by atoms with Crippen LogP contribution in [-0.4, -0.2) is 12.3 Å². The zero-order chi connectivity index (χ0) is 11.9. The fraction of sp³-hybridized carbons (Fsp3) is 1.00. The molecule has 3 unspecified atom stereocenters. The Kier molecular flexibility index (Phi) is 3.52. The van der Waals surface area contributed by atoms with E-state index in [1.807, 2.05) is 0 Å². The van der Waals surface area contributed by atoms with E-state index in [1.54, 1.807) is 0 Å². The first kappa shape index (κ1) is 13.0. The predicted molar refractivity (Wildman–Crippen MR) is 64.5 cm³/mol. The quantitative estimate of drug-likeness (QED) is 0.712. The van der Waals surface area contributed by atoms with Gasteiger partial charge >= 0.3 is 0 Å². The second-order valence-corrected chi connectivity index (χ2v) is 6.35. The van der Waals surface area contributed by atoms with Crippen LogP contribution in [0.4, 0.5) is 0 Å². The molecular weight excluding hydrogens is 186 g/mol. The van der Waals surface area contributed by atoms with Gasteiger partial charge in [0.15, 0.2) is 0 Å². The first-order valence-corrected chi connectivity index (χ1v) is 6.14. The Bertz CT molecular complexity index is 225. The summed E-state index contributed by atoms with van der Waals surface area (Å²) in [6.07, 6.45) is 2.65. The van der Waals surface area contributed by atoms with Crippen LogP contribution in [0.2, 0.25) is 0 Å². The van der Waals surface area contributed by atoms with Crippen molar-refractivity contribution in [3.05, 3.63) is 0 Å². The molecule has 0 radical (unpaired) electrons. The van der Waals surface area contributed by atoms with Gasteiger partial charge in [0.05, 0.1) is 0 Å². The maximum atomic E-state index is 5.77. The number of hydrogen-bond acceptors (Lipinski definition) is 2. The molecule has 1 heterocycles. The fourth-order valence-electron chi connectivity index (χ4n) is 2.63. The average Bonchev–Trinajstić information content (AvgIpc) is 2.82. The second kappa shape index (κ2) is 4.06. The third-order valence-electron chi connectivity index (χ3n) is 4.36. The van der Waals surface area contributed by atoms with Crippen molar-refractivity contribution in [3.63, 3.8) is 0 Å². The summed E-state index contributed by atoms with van der Waals surface area (Å²) in [6.45, 7) is 13.8. The molecule has 90 valence electrons. The topological polar surface area (TPSA) is 38.5 Å². The van der Waals surface area contributed by atoms with E-state index in [0.717, 1.165) is 0 Å². The van der Waals surface area contributed by atoms with Crippen LogP contribution < -0.4 is 5.73 Å². The van der Waals surface area contributed by atoms with Crippen LogP contribution in [0.25, 0.3) is 0 Å². The predicted octanol–water partition coefficient (Wildman–Crippen LogP) is 3.16. The van der Waals surface area contributed by atoms with Crippen molar-refractivity contribution in [2.75, 3.05) is 0 Å². The Balaban J connectivity index is 2.66. The van der Waals surface area contributed by atoms with Gasteiger partial charge in [0.25, 0.3) is 0 Å². The van der Waals surface area contributed by atoms with E-state index in [0.29, 0.717) is 11.3 Å². The molecular formula is C13H27NO. The van der Waals surface area contributed by atoms with E-state index in [1.165, 1.54) is 12.8 Å². The summed E-state index contributed by atoms with van der Waals surface area (Å²) in [4.78, 5) is 0. The van der Waals surface area contributed by atoms with Crippen molar-refractivity contribution >= 4 is 0 Å². The number of nitrogens with two attached hydrogens (primary N) is 1. The minimum Gasteiger partial charge on any atom is -0.353 e. The van der Waals surface area contributed by atoms with E-state index >= 15 is 0 Å². The highest BCUT2D eigenvalue weighted by atomic mass is 16.6. The molecule has 0 aromatic carbocycles. The Morgan fingerprint density at radius 3 is 2.00 bits per heavy atom. The monoisotopic (exact) mass is 213 g/mol. The summed E-state index contributed by atoms with van der Waals surface area (Å²) in [5, 5.41) is 0. The number of rotatable bonds is 5. The molecule has 2 N–H and O–H groups in total. The van der Waals surface area contributed by atoms with Crippen LogP contribution in [0.5, 0.6) is 0 Å². The van der Waals surface area contributed by atoms with Crippen LogP contribution in [0.3, 0.4) is 0 Å². The van der Waals surface area contributed by atoms with Gasteiger partial charge in [-0.2, -0.15) is 0 Å². The number of ether oxygens (including phenoxy) is 1. The molecule has 0 amide bonds. The maximum Gasteiger partial charge on any atom is 0.133 e. The molecule has 0 bridgehead atoms. The third kappa shape index (κ3) is 2.73. The highest BCUT2D eigenvalue weighted by molar-refractivity contribution is 4.96. The number of epoxide rings is 1. The van der Waals surface area contributed by atoms with Gasteiger partial charge in [-0.1, -0.05) is 48.0 Å². The minimum absolute atomic E-state index is 0.0201. The van der Waals surface area contributed by atoms with Gasteiger partial charge in [-0.05, 0) is 23.2 Å². The first-order valence-electron chi connectivity index (χ1n) is 6.14.